The molecule has 1 aromatic heterocycles. The third-order valence-electron chi connectivity index (χ3n) is 3.20. The fourth-order valence-corrected chi connectivity index (χ4v) is 3.29. The molecule has 2 N–H and O–H groups in total. The van der Waals surface area contributed by atoms with E-state index in [1.54, 1.807) is 11.8 Å². The minimum absolute atomic E-state index is 0.318. The van der Waals surface area contributed by atoms with Gasteiger partial charge < -0.3 is 5.73 Å². The molecule has 104 valence electrons. The van der Waals surface area contributed by atoms with Crippen molar-refractivity contribution in [3.63, 3.8) is 0 Å². The van der Waals surface area contributed by atoms with E-state index in [1.807, 2.05) is 4.57 Å². The highest BCUT2D eigenvalue weighted by Crippen LogP contribution is 2.27. The molecule has 0 saturated heterocycles. The molecule has 5 heteroatoms. The summed E-state index contributed by atoms with van der Waals surface area (Å²) in [5.41, 5.74) is 5.84. The van der Waals surface area contributed by atoms with Crippen molar-refractivity contribution >= 4 is 17.7 Å². The highest BCUT2D eigenvalue weighted by atomic mass is 32.2. The van der Waals surface area contributed by atoms with Gasteiger partial charge in [-0.15, -0.1) is 10.2 Å². The van der Waals surface area contributed by atoms with Crippen molar-refractivity contribution in [1.29, 1.82) is 0 Å². The van der Waals surface area contributed by atoms with Crippen molar-refractivity contribution < 1.29 is 0 Å². The van der Waals surface area contributed by atoms with Crippen molar-refractivity contribution in [1.82, 2.24) is 14.8 Å². The van der Waals surface area contributed by atoms with Gasteiger partial charge in [0.1, 0.15) is 0 Å². The number of rotatable bonds is 8. The third-order valence-corrected chi connectivity index (χ3v) is 4.37. The summed E-state index contributed by atoms with van der Waals surface area (Å²) in [4.78, 5) is 0. The van der Waals surface area contributed by atoms with Crippen LogP contribution in [0.15, 0.2) is 5.16 Å². The molecule has 0 aliphatic carbocycles. The molecular formula is C13H26N4S. The summed E-state index contributed by atoms with van der Waals surface area (Å²) in [5, 5.41) is 9.10. The molecule has 4 nitrogen and oxygen atoms in total. The summed E-state index contributed by atoms with van der Waals surface area (Å²) < 4.78 is 2.01. The van der Waals surface area contributed by atoms with E-state index in [4.69, 9.17) is 5.73 Å². The number of hydrogen-bond donors (Lipinski definition) is 1. The van der Waals surface area contributed by atoms with Crippen LogP contribution in [0.25, 0.3) is 0 Å². The van der Waals surface area contributed by atoms with Gasteiger partial charge in [-0.25, -0.2) is 0 Å². The first kappa shape index (κ1) is 15.3. The van der Waals surface area contributed by atoms with E-state index < -0.39 is 0 Å². The van der Waals surface area contributed by atoms with E-state index in [0.29, 0.717) is 12.0 Å². The Kier molecular flexibility index (Phi) is 6.54. The second-order valence-electron chi connectivity index (χ2n) is 5.03. The summed E-state index contributed by atoms with van der Waals surface area (Å²) in [6.07, 6.45) is 5.14. The number of aromatic nitrogens is 3. The van der Waals surface area contributed by atoms with Crippen molar-refractivity contribution in [2.24, 2.45) is 5.92 Å². The van der Waals surface area contributed by atoms with E-state index in [-0.39, 0.29) is 0 Å². The molecule has 0 saturated carbocycles. The Labute approximate surface area is 115 Å². The quantitative estimate of drug-likeness (QED) is 0.731. The van der Waals surface area contributed by atoms with Gasteiger partial charge in [0.05, 0.1) is 0 Å². The molecule has 1 rings (SSSR count). The Bertz CT molecular complexity index is 349. The minimum Gasteiger partial charge on any atom is -0.368 e. The predicted octanol–water partition coefficient (Wildman–Crippen LogP) is 3.75. The first-order chi connectivity index (χ1) is 8.60. The van der Waals surface area contributed by atoms with Crippen molar-refractivity contribution in [3.8, 4) is 0 Å². The van der Waals surface area contributed by atoms with Crippen molar-refractivity contribution in [2.75, 3.05) is 11.5 Å². The number of hydrogen-bond acceptors (Lipinski definition) is 4. The fraction of sp³-hybridized carbons (Fsp3) is 0.846. The van der Waals surface area contributed by atoms with Crippen LogP contribution in [0.1, 0.15) is 59.4 Å². The number of thioether (sulfide) groups is 1. The Morgan fingerprint density at radius 2 is 2.00 bits per heavy atom. The SMILES string of the molecule is CCCCC(CC)CSc1nnc(N)n1C(C)C. The van der Waals surface area contributed by atoms with Crippen molar-refractivity contribution in [3.05, 3.63) is 0 Å². The zero-order valence-electron chi connectivity index (χ0n) is 12.0. The maximum absolute atomic E-state index is 5.84. The summed E-state index contributed by atoms with van der Waals surface area (Å²) in [6, 6.07) is 0.318. The standard InChI is InChI=1S/C13H26N4S/c1-5-7-8-11(6-2)9-18-13-16-15-12(14)17(13)10(3)4/h10-11H,5-9H2,1-4H3,(H2,14,15). The topological polar surface area (TPSA) is 56.7 Å². The zero-order valence-corrected chi connectivity index (χ0v) is 12.8. The molecule has 0 aromatic carbocycles. The van der Waals surface area contributed by atoms with Crippen LogP contribution in [0.2, 0.25) is 0 Å². The lowest BCUT2D eigenvalue weighted by atomic mass is 10.0. The molecule has 1 aromatic rings. The van der Waals surface area contributed by atoms with Gasteiger partial charge in [-0.3, -0.25) is 4.57 Å². The molecule has 0 bridgehead atoms. The van der Waals surface area contributed by atoms with Crippen LogP contribution in [0, 0.1) is 5.92 Å². The molecule has 0 aliphatic heterocycles. The first-order valence-electron chi connectivity index (χ1n) is 6.93. The van der Waals surface area contributed by atoms with Gasteiger partial charge in [-0.1, -0.05) is 44.9 Å². The Balaban J connectivity index is 2.56. The van der Waals surface area contributed by atoms with E-state index >= 15 is 0 Å². The summed E-state index contributed by atoms with van der Waals surface area (Å²) in [5.74, 6) is 2.41. The molecule has 18 heavy (non-hydrogen) atoms. The van der Waals surface area contributed by atoms with Crippen LogP contribution in [-0.4, -0.2) is 20.5 Å². The third kappa shape index (κ3) is 4.19. The maximum atomic E-state index is 5.84. The number of nitrogens with zero attached hydrogens (tertiary/aromatic N) is 3. The average Bonchev–Trinajstić information content (AvgIpc) is 2.71. The molecule has 0 spiro atoms. The van der Waals surface area contributed by atoms with Crippen LogP contribution in [0.5, 0.6) is 0 Å². The number of unbranched alkanes of at least 4 members (excludes halogenated alkanes) is 1. The number of nitrogens with two attached hydrogens (primary N) is 1. The molecular weight excluding hydrogens is 244 g/mol. The average molecular weight is 270 g/mol. The Hall–Kier alpha value is -0.710. The highest BCUT2D eigenvalue weighted by molar-refractivity contribution is 7.99. The van der Waals surface area contributed by atoms with Gasteiger partial charge in [-0.2, -0.15) is 0 Å². The molecule has 0 amide bonds. The first-order valence-corrected chi connectivity index (χ1v) is 7.91. The van der Waals surface area contributed by atoms with E-state index in [9.17, 15) is 0 Å². The summed E-state index contributed by atoms with van der Waals surface area (Å²) in [6.45, 7) is 8.73. The van der Waals surface area contributed by atoms with E-state index in [1.165, 1.54) is 25.7 Å². The van der Waals surface area contributed by atoms with Gasteiger partial charge in [0.15, 0.2) is 5.16 Å². The number of anilines is 1. The summed E-state index contributed by atoms with van der Waals surface area (Å²) in [7, 11) is 0. The van der Waals surface area contributed by atoms with Crippen LogP contribution < -0.4 is 5.73 Å². The highest BCUT2D eigenvalue weighted by Gasteiger charge is 2.14. The van der Waals surface area contributed by atoms with Crippen molar-refractivity contribution in [2.45, 2.75) is 64.6 Å². The maximum Gasteiger partial charge on any atom is 0.222 e. The predicted molar refractivity (Wildman–Crippen MR) is 78.8 cm³/mol. The lowest BCUT2D eigenvalue weighted by Gasteiger charge is -2.15. The van der Waals surface area contributed by atoms with Crippen LogP contribution in [0.3, 0.4) is 0 Å². The van der Waals surface area contributed by atoms with Crippen LogP contribution in [-0.2, 0) is 0 Å². The second kappa shape index (κ2) is 7.67. The lowest BCUT2D eigenvalue weighted by Crippen LogP contribution is -2.08. The van der Waals surface area contributed by atoms with Gasteiger partial charge in [0.25, 0.3) is 0 Å². The van der Waals surface area contributed by atoms with Crippen LogP contribution in [0.4, 0.5) is 5.95 Å². The van der Waals surface area contributed by atoms with Crippen LogP contribution >= 0.6 is 11.8 Å². The second-order valence-corrected chi connectivity index (χ2v) is 6.02. The van der Waals surface area contributed by atoms with E-state index in [2.05, 4.69) is 37.9 Å². The Morgan fingerprint density at radius 1 is 1.28 bits per heavy atom. The minimum atomic E-state index is 0.318. The molecule has 1 atom stereocenters. The monoisotopic (exact) mass is 270 g/mol. The molecule has 0 aliphatic rings. The zero-order chi connectivity index (χ0) is 13.5. The fourth-order valence-electron chi connectivity index (χ4n) is 1.96. The Morgan fingerprint density at radius 3 is 2.56 bits per heavy atom. The van der Waals surface area contributed by atoms with Gasteiger partial charge >= 0.3 is 0 Å². The number of nitrogen functional groups attached to an aromatic ring is 1. The van der Waals surface area contributed by atoms with E-state index in [0.717, 1.165) is 16.8 Å². The van der Waals surface area contributed by atoms with Gasteiger partial charge in [0, 0.05) is 11.8 Å². The normalized spacial score (nSPS) is 13.2. The molecule has 0 fully saturated rings. The molecule has 1 heterocycles. The van der Waals surface area contributed by atoms with Gasteiger partial charge in [0.2, 0.25) is 5.95 Å². The lowest BCUT2D eigenvalue weighted by molar-refractivity contribution is 0.497. The van der Waals surface area contributed by atoms with Gasteiger partial charge in [-0.05, 0) is 26.2 Å². The smallest absolute Gasteiger partial charge is 0.222 e. The molecule has 0 radical (unpaired) electrons. The molecule has 1 unspecified atom stereocenters. The summed E-state index contributed by atoms with van der Waals surface area (Å²) >= 11 is 1.79. The largest absolute Gasteiger partial charge is 0.368 e.